The van der Waals surface area contributed by atoms with Gasteiger partial charge in [0.05, 0.1) is 6.10 Å². The second-order valence-corrected chi connectivity index (χ2v) is 6.42. The smallest absolute Gasteiger partial charge is 0.326 e. The van der Waals surface area contributed by atoms with E-state index in [0.717, 1.165) is 30.6 Å². The van der Waals surface area contributed by atoms with Crippen LogP contribution < -0.4 is 10.1 Å². The topological polar surface area (TPSA) is 75.6 Å². The van der Waals surface area contributed by atoms with Crippen LogP contribution in [0, 0.1) is 0 Å². The van der Waals surface area contributed by atoms with Gasteiger partial charge in [0.2, 0.25) is 5.91 Å². The summed E-state index contributed by atoms with van der Waals surface area (Å²) in [6, 6.07) is 7.04. The minimum atomic E-state index is -0.975. The largest absolute Gasteiger partial charge is 0.490 e. The Kier molecular flexibility index (Phi) is 7.09. The number of carboxylic acids is 1. The maximum atomic E-state index is 12.0. The monoisotopic (exact) mass is 333 g/mol. The molecule has 1 unspecified atom stereocenters. The van der Waals surface area contributed by atoms with E-state index in [0.29, 0.717) is 18.9 Å². The number of rotatable bonds is 9. The van der Waals surface area contributed by atoms with Crippen LogP contribution in [-0.4, -0.2) is 29.1 Å². The molecular formula is C19H27NO4. The van der Waals surface area contributed by atoms with E-state index < -0.39 is 12.0 Å². The molecule has 24 heavy (non-hydrogen) atoms. The first-order valence-electron chi connectivity index (χ1n) is 8.86. The van der Waals surface area contributed by atoms with Gasteiger partial charge >= 0.3 is 5.97 Å². The highest BCUT2D eigenvalue weighted by atomic mass is 16.5. The summed E-state index contributed by atoms with van der Waals surface area (Å²) < 4.78 is 5.97. The van der Waals surface area contributed by atoms with Gasteiger partial charge in [-0.05, 0) is 56.2 Å². The number of hydrogen-bond donors (Lipinski definition) is 2. The molecule has 0 heterocycles. The molecule has 0 spiro atoms. The quantitative estimate of drug-likeness (QED) is 0.727. The van der Waals surface area contributed by atoms with Gasteiger partial charge in [0.15, 0.2) is 0 Å². The molecular weight excluding hydrogens is 306 g/mol. The molecule has 2 rings (SSSR count). The van der Waals surface area contributed by atoms with E-state index in [9.17, 15) is 9.59 Å². The number of nitrogens with one attached hydrogen (secondary N) is 1. The van der Waals surface area contributed by atoms with Gasteiger partial charge in [0, 0.05) is 6.42 Å². The van der Waals surface area contributed by atoms with Crippen LogP contribution >= 0.6 is 0 Å². The fraction of sp³-hybridized carbons (Fsp3) is 0.579. The first-order valence-corrected chi connectivity index (χ1v) is 8.86. The predicted octanol–water partition coefficient (Wildman–Crippen LogP) is 3.31. The fourth-order valence-electron chi connectivity index (χ4n) is 3.04. The first kappa shape index (κ1) is 18.3. The van der Waals surface area contributed by atoms with Crippen molar-refractivity contribution in [1.82, 2.24) is 5.32 Å². The SMILES string of the molecule is CCCC(NC(=O)CCc1cccc(OC2CCCC2)c1)C(=O)O. The zero-order valence-electron chi connectivity index (χ0n) is 14.3. The highest BCUT2D eigenvalue weighted by Crippen LogP contribution is 2.24. The number of hydrogen-bond acceptors (Lipinski definition) is 3. The van der Waals surface area contributed by atoms with E-state index in [1.165, 1.54) is 12.8 Å². The summed E-state index contributed by atoms with van der Waals surface area (Å²) in [4.78, 5) is 23.0. The van der Waals surface area contributed by atoms with Crippen molar-refractivity contribution in [3.05, 3.63) is 29.8 Å². The van der Waals surface area contributed by atoms with Crippen molar-refractivity contribution in [2.45, 2.75) is 70.4 Å². The Morgan fingerprint density at radius 1 is 1.33 bits per heavy atom. The van der Waals surface area contributed by atoms with Crippen molar-refractivity contribution in [3.8, 4) is 5.75 Å². The van der Waals surface area contributed by atoms with Crippen molar-refractivity contribution >= 4 is 11.9 Å². The number of benzene rings is 1. The normalized spacial score (nSPS) is 15.9. The molecule has 5 nitrogen and oxygen atoms in total. The molecule has 2 N–H and O–H groups in total. The number of carbonyl (C=O) groups is 2. The summed E-state index contributed by atoms with van der Waals surface area (Å²) >= 11 is 0. The molecule has 0 aliphatic heterocycles. The zero-order valence-corrected chi connectivity index (χ0v) is 14.3. The van der Waals surface area contributed by atoms with E-state index in [1.807, 2.05) is 31.2 Å². The predicted molar refractivity (Wildman–Crippen MR) is 92.1 cm³/mol. The van der Waals surface area contributed by atoms with Gasteiger partial charge in [0.1, 0.15) is 11.8 Å². The molecule has 1 aromatic carbocycles. The van der Waals surface area contributed by atoms with Gasteiger partial charge in [-0.25, -0.2) is 4.79 Å². The summed E-state index contributed by atoms with van der Waals surface area (Å²) in [5.41, 5.74) is 1.03. The number of aryl methyl sites for hydroxylation is 1. The summed E-state index contributed by atoms with van der Waals surface area (Å²) in [6.45, 7) is 1.90. The number of amides is 1. The molecule has 0 saturated heterocycles. The van der Waals surface area contributed by atoms with Crippen molar-refractivity contribution in [1.29, 1.82) is 0 Å². The maximum Gasteiger partial charge on any atom is 0.326 e. The second kappa shape index (κ2) is 9.30. The molecule has 1 aliphatic rings. The van der Waals surface area contributed by atoms with Gasteiger partial charge in [-0.2, -0.15) is 0 Å². The summed E-state index contributed by atoms with van der Waals surface area (Å²) in [5.74, 6) is -0.343. The Hall–Kier alpha value is -2.04. The van der Waals surface area contributed by atoms with Crippen LogP contribution in [0.2, 0.25) is 0 Å². The number of carboxylic acid groups (broad SMARTS) is 1. The molecule has 0 bridgehead atoms. The van der Waals surface area contributed by atoms with Gasteiger partial charge in [-0.15, -0.1) is 0 Å². The average molecular weight is 333 g/mol. The number of aliphatic carboxylic acids is 1. The van der Waals surface area contributed by atoms with Crippen LogP contribution in [0.4, 0.5) is 0 Å². The summed E-state index contributed by atoms with van der Waals surface area (Å²) in [5, 5.41) is 11.7. The minimum absolute atomic E-state index is 0.224. The Morgan fingerprint density at radius 3 is 2.75 bits per heavy atom. The molecule has 1 aromatic rings. The molecule has 1 atom stereocenters. The Labute approximate surface area is 143 Å². The third kappa shape index (κ3) is 5.87. The van der Waals surface area contributed by atoms with Crippen LogP contribution in [0.1, 0.15) is 57.4 Å². The van der Waals surface area contributed by atoms with Crippen molar-refractivity contribution in [2.24, 2.45) is 0 Å². The van der Waals surface area contributed by atoms with E-state index in [1.54, 1.807) is 0 Å². The average Bonchev–Trinajstić information content (AvgIpc) is 3.06. The Bertz CT molecular complexity index is 552. The lowest BCUT2D eigenvalue weighted by molar-refractivity contribution is -0.142. The van der Waals surface area contributed by atoms with E-state index in [-0.39, 0.29) is 12.3 Å². The van der Waals surface area contributed by atoms with Gasteiger partial charge in [0.25, 0.3) is 0 Å². The van der Waals surface area contributed by atoms with Crippen LogP contribution in [0.5, 0.6) is 5.75 Å². The molecule has 5 heteroatoms. The van der Waals surface area contributed by atoms with Crippen molar-refractivity contribution < 1.29 is 19.4 Å². The molecule has 132 valence electrons. The van der Waals surface area contributed by atoms with Gasteiger partial charge in [-0.1, -0.05) is 25.5 Å². The molecule has 1 saturated carbocycles. The zero-order chi connectivity index (χ0) is 17.4. The number of ether oxygens (including phenoxy) is 1. The van der Waals surface area contributed by atoms with E-state index >= 15 is 0 Å². The molecule has 1 fully saturated rings. The van der Waals surface area contributed by atoms with Crippen molar-refractivity contribution in [2.75, 3.05) is 0 Å². The summed E-state index contributed by atoms with van der Waals surface area (Å²) in [7, 11) is 0. The molecule has 1 aliphatic carbocycles. The molecule has 0 radical (unpaired) electrons. The summed E-state index contributed by atoms with van der Waals surface area (Å²) in [6.07, 6.45) is 7.02. The van der Waals surface area contributed by atoms with E-state index in [2.05, 4.69) is 5.32 Å². The third-order valence-corrected chi connectivity index (χ3v) is 4.35. The molecule has 1 amide bonds. The van der Waals surface area contributed by atoms with E-state index in [4.69, 9.17) is 9.84 Å². The standard InChI is InChI=1S/C19H27NO4/c1-2-6-17(19(22)23)20-18(21)12-11-14-7-5-10-16(13-14)24-15-8-3-4-9-15/h5,7,10,13,15,17H,2-4,6,8-9,11-12H2,1H3,(H,20,21)(H,22,23). The van der Waals surface area contributed by atoms with Gasteiger partial charge < -0.3 is 15.2 Å². The lowest BCUT2D eigenvalue weighted by Crippen LogP contribution is -2.40. The second-order valence-electron chi connectivity index (χ2n) is 6.42. The Balaban J connectivity index is 1.82. The number of carbonyl (C=O) groups excluding carboxylic acids is 1. The first-order chi connectivity index (χ1) is 11.6. The van der Waals surface area contributed by atoms with Crippen LogP contribution in [0.3, 0.4) is 0 Å². The minimum Gasteiger partial charge on any atom is -0.490 e. The van der Waals surface area contributed by atoms with Gasteiger partial charge in [-0.3, -0.25) is 4.79 Å². The van der Waals surface area contributed by atoms with Crippen LogP contribution in [0.25, 0.3) is 0 Å². The molecule has 0 aromatic heterocycles. The Morgan fingerprint density at radius 2 is 2.08 bits per heavy atom. The highest BCUT2D eigenvalue weighted by molar-refractivity contribution is 5.83. The highest BCUT2D eigenvalue weighted by Gasteiger charge is 2.19. The lowest BCUT2D eigenvalue weighted by Gasteiger charge is -2.15. The maximum absolute atomic E-state index is 12.0. The third-order valence-electron chi connectivity index (χ3n) is 4.35. The van der Waals surface area contributed by atoms with Crippen LogP contribution in [-0.2, 0) is 16.0 Å². The van der Waals surface area contributed by atoms with Crippen molar-refractivity contribution in [3.63, 3.8) is 0 Å². The fourth-order valence-corrected chi connectivity index (χ4v) is 3.04. The van der Waals surface area contributed by atoms with Crippen LogP contribution in [0.15, 0.2) is 24.3 Å². The lowest BCUT2D eigenvalue weighted by atomic mass is 10.1.